The molecule has 7 heteroatoms. The van der Waals surface area contributed by atoms with Crippen molar-refractivity contribution in [3.8, 4) is 5.75 Å². The van der Waals surface area contributed by atoms with Crippen molar-refractivity contribution in [2.24, 2.45) is 0 Å². The van der Waals surface area contributed by atoms with E-state index in [1.165, 1.54) is 6.08 Å². The smallest absolute Gasteiger partial charge is 0.328 e. The number of hydrogen-bond donors (Lipinski definition) is 2. The number of imide groups is 1. The molecule has 0 aromatic heterocycles. The summed E-state index contributed by atoms with van der Waals surface area (Å²) < 4.78 is 1.64. The Balaban J connectivity index is 2.43. The molecule has 3 amide bonds. The highest BCUT2D eigenvalue weighted by Gasteiger charge is 2.32. The number of nitrogens with zero attached hydrogens (tertiary/aromatic N) is 1. The number of amides is 3. The van der Waals surface area contributed by atoms with E-state index in [0.29, 0.717) is 15.7 Å². The van der Waals surface area contributed by atoms with E-state index >= 15 is 0 Å². The number of likely N-dealkylation sites (N-methyl/N-ethyl adjacent to an activating group) is 1. The average molecular weight is 484 g/mol. The highest BCUT2D eigenvalue weighted by molar-refractivity contribution is 14.1. The van der Waals surface area contributed by atoms with E-state index in [-0.39, 0.29) is 17.4 Å². The van der Waals surface area contributed by atoms with Crippen molar-refractivity contribution >= 4 is 63.2 Å². The molecule has 5 nitrogen and oxygen atoms in total. The van der Waals surface area contributed by atoms with Gasteiger partial charge in [0.25, 0.3) is 5.91 Å². The zero-order valence-corrected chi connectivity index (χ0v) is 14.2. The molecular formula is C12H10I2N2O3. The minimum atomic E-state index is -0.432. The van der Waals surface area contributed by atoms with E-state index in [9.17, 15) is 14.7 Å². The lowest BCUT2D eigenvalue weighted by Crippen LogP contribution is -2.30. The summed E-state index contributed by atoms with van der Waals surface area (Å²) >= 11 is 4.14. The molecule has 1 heterocycles. The van der Waals surface area contributed by atoms with Crippen LogP contribution in [0.4, 0.5) is 4.79 Å². The van der Waals surface area contributed by atoms with Gasteiger partial charge in [-0.1, -0.05) is 0 Å². The summed E-state index contributed by atoms with van der Waals surface area (Å²) in [6.07, 6.45) is 1.50. The molecule has 0 radical (unpaired) electrons. The second-order valence-electron chi connectivity index (χ2n) is 3.86. The number of hydrogen-bond acceptors (Lipinski definition) is 3. The van der Waals surface area contributed by atoms with E-state index in [0.717, 1.165) is 8.47 Å². The molecule has 1 saturated heterocycles. The van der Waals surface area contributed by atoms with Crippen LogP contribution in [0.5, 0.6) is 5.75 Å². The van der Waals surface area contributed by atoms with E-state index < -0.39 is 6.03 Å². The Morgan fingerprint density at radius 1 is 1.37 bits per heavy atom. The maximum absolute atomic E-state index is 11.9. The summed E-state index contributed by atoms with van der Waals surface area (Å²) in [4.78, 5) is 24.6. The summed E-state index contributed by atoms with van der Waals surface area (Å²) in [5, 5.41) is 12.5. The Labute approximate surface area is 137 Å². The predicted octanol–water partition coefficient (Wildman–Crippen LogP) is 2.51. The molecule has 0 spiro atoms. The predicted molar refractivity (Wildman–Crippen MR) is 87.4 cm³/mol. The topological polar surface area (TPSA) is 69.6 Å². The van der Waals surface area contributed by atoms with Gasteiger partial charge in [0, 0.05) is 15.7 Å². The Morgan fingerprint density at radius 3 is 2.63 bits per heavy atom. The fourth-order valence-electron chi connectivity index (χ4n) is 1.71. The summed E-state index contributed by atoms with van der Waals surface area (Å²) in [7, 11) is 0. The molecule has 1 fully saturated rings. The minimum absolute atomic E-state index is 0.102. The monoisotopic (exact) mass is 484 g/mol. The van der Waals surface area contributed by atoms with Crippen LogP contribution in [0.15, 0.2) is 17.8 Å². The Morgan fingerprint density at radius 2 is 2.05 bits per heavy atom. The van der Waals surface area contributed by atoms with Crippen molar-refractivity contribution in [2.75, 3.05) is 6.54 Å². The van der Waals surface area contributed by atoms with Crippen LogP contribution in [0.25, 0.3) is 6.08 Å². The normalized spacial score (nSPS) is 17.2. The Hall–Kier alpha value is -0.840. The quantitative estimate of drug-likeness (QED) is 0.386. The first-order chi connectivity index (χ1) is 8.93. The SMILES string of the molecule is CCN1C(=O)N/C(=C/c2cc(I)cc(I)c2O)C1=O. The van der Waals surface area contributed by atoms with Crippen LogP contribution in [0.1, 0.15) is 12.5 Å². The molecule has 1 aromatic rings. The number of nitrogens with one attached hydrogen (secondary N) is 1. The van der Waals surface area contributed by atoms with Crippen LogP contribution in [0, 0.1) is 7.14 Å². The van der Waals surface area contributed by atoms with Crippen LogP contribution in [-0.2, 0) is 4.79 Å². The molecule has 1 aromatic carbocycles. The Kier molecular flexibility index (Phi) is 4.33. The lowest BCUT2D eigenvalue weighted by atomic mass is 10.1. The van der Waals surface area contributed by atoms with Crippen molar-refractivity contribution in [1.82, 2.24) is 10.2 Å². The molecular weight excluding hydrogens is 474 g/mol. The molecule has 0 unspecified atom stereocenters. The van der Waals surface area contributed by atoms with Crippen LogP contribution >= 0.6 is 45.2 Å². The third-order valence-electron chi connectivity index (χ3n) is 2.64. The van der Waals surface area contributed by atoms with Gasteiger partial charge in [-0.25, -0.2) is 4.79 Å². The molecule has 0 bridgehead atoms. The molecule has 2 rings (SSSR count). The molecule has 1 aliphatic heterocycles. The van der Waals surface area contributed by atoms with E-state index in [4.69, 9.17) is 0 Å². The number of halogens is 2. The molecule has 19 heavy (non-hydrogen) atoms. The van der Waals surface area contributed by atoms with Gasteiger partial charge in [0.15, 0.2) is 0 Å². The fourth-order valence-corrected chi connectivity index (χ4v) is 3.60. The van der Waals surface area contributed by atoms with E-state index in [2.05, 4.69) is 27.9 Å². The van der Waals surface area contributed by atoms with Crippen LogP contribution in [0.3, 0.4) is 0 Å². The highest BCUT2D eigenvalue weighted by Crippen LogP contribution is 2.29. The number of benzene rings is 1. The van der Waals surface area contributed by atoms with Crippen molar-refractivity contribution in [2.45, 2.75) is 6.92 Å². The molecule has 100 valence electrons. The summed E-state index contributed by atoms with van der Waals surface area (Å²) in [5.41, 5.74) is 0.692. The summed E-state index contributed by atoms with van der Waals surface area (Å²) in [5.74, 6) is -0.272. The molecule has 0 atom stereocenters. The zero-order valence-electron chi connectivity index (χ0n) is 9.91. The molecule has 1 aliphatic rings. The van der Waals surface area contributed by atoms with Crippen LogP contribution in [0.2, 0.25) is 0 Å². The second-order valence-corrected chi connectivity index (χ2v) is 6.27. The fraction of sp³-hybridized carbons (Fsp3) is 0.167. The van der Waals surface area contributed by atoms with Crippen LogP contribution < -0.4 is 5.32 Å². The molecule has 0 saturated carbocycles. The summed E-state index contributed by atoms with van der Waals surface area (Å²) in [6, 6.07) is 3.14. The zero-order chi connectivity index (χ0) is 14.2. The van der Waals surface area contributed by atoms with Gasteiger partial charge in [0.1, 0.15) is 11.4 Å². The third-order valence-corrected chi connectivity index (χ3v) is 4.08. The number of phenols is 1. The number of urea groups is 1. The summed E-state index contributed by atoms with van der Waals surface area (Å²) in [6.45, 7) is 2.05. The molecule has 2 N–H and O–H groups in total. The van der Waals surface area contributed by atoms with E-state index in [1.807, 2.05) is 28.7 Å². The molecule has 0 aliphatic carbocycles. The second kappa shape index (κ2) is 5.65. The first-order valence-corrected chi connectivity index (χ1v) is 7.62. The number of aromatic hydroxyl groups is 1. The highest BCUT2D eigenvalue weighted by atomic mass is 127. The largest absolute Gasteiger partial charge is 0.506 e. The number of phenolic OH excluding ortho intramolecular Hbond substituents is 1. The van der Waals surface area contributed by atoms with Crippen molar-refractivity contribution in [1.29, 1.82) is 0 Å². The third kappa shape index (κ3) is 2.86. The maximum atomic E-state index is 11.9. The van der Waals surface area contributed by atoms with Gasteiger partial charge in [0.05, 0.1) is 3.57 Å². The van der Waals surface area contributed by atoms with Crippen LogP contribution in [-0.4, -0.2) is 28.5 Å². The first kappa shape index (κ1) is 14.6. The van der Waals surface area contributed by atoms with Gasteiger partial charge < -0.3 is 10.4 Å². The van der Waals surface area contributed by atoms with Crippen molar-refractivity contribution in [3.05, 3.63) is 30.5 Å². The van der Waals surface area contributed by atoms with Gasteiger partial charge >= 0.3 is 6.03 Å². The van der Waals surface area contributed by atoms with Gasteiger partial charge in [-0.15, -0.1) is 0 Å². The maximum Gasteiger partial charge on any atom is 0.328 e. The number of carbonyl (C=O) groups excluding carboxylic acids is 2. The number of carbonyl (C=O) groups is 2. The van der Waals surface area contributed by atoms with Crippen molar-refractivity contribution < 1.29 is 14.7 Å². The average Bonchev–Trinajstić information content (AvgIpc) is 2.60. The van der Waals surface area contributed by atoms with Gasteiger partial charge in [-0.05, 0) is 70.3 Å². The van der Waals surface area contributed by atoms with Gasteiger partial charge in [0.2, 0.25) is 0 Å². The number of rotatable bonds is 2. The van der Waals surface area contributed by atoms with Gasteiger partial charge in [-0.2, -0.15) is 0 Å². The minimum Gasteiger partial charge on any atom is -0.506 e. The van der Waals surface area contributed by atoms with Gasteiger partial charge in [-0.3, -0.25) is 9.69 Å². The Bertz CT molecular complexity index is 599. The van der Waals surface area contributed by atoms with E-state index in [1.54, 1.807) is 13.0 Å². The standard InChI is InChI=1S/C12H10I2N2O3/c1-2-16-11(18)9(15-12(16)19)4-6-3-7(13)5-8(14)10(6)17/h3-5,17H,2H2,1H3,(H,15,19)/b9-4+. The lowest BCUT2D eigenvalue weighted by molar-refractivity contribution is -0.122. The lowest BCUT2D eigenvalue weighted by Gasteiger charge is -2.06. The van der Waals surface area contributed by atoms with Crippen molar-refractivity contribution in [3.63, 3.8) is 0 Å². The first-order valence-electron chi connectivity index (χ1n) is 5.46.